The third-order valence-corrected chi connectivity index (χ3v) is 6.79. The van der Waals surface area contributed by atoms with Crippen LogP contribution in [0.2, 0.25) is 5.02 Å². The van der Waals surface area contributed by atoms with Crippen LogP contribution in [0.3, 0.4) is 0 Å². The summed E-state index contributed by atoms with van der Waals surface area (Å²) in [5.41, 5.74) is -0.387. The molecule has 0 bridgehead atoms. The first-order valence-corrected chi connectivity index (χ1v) is 13.9. The van der Waals surface area contributed by atoms with Gasteiger partial charge in [0.05, 0.1) is 17.0 Å². The standard InChI is InChI=1S/C30H40ClNO6S/c1-9-15-30(19-33,32-26(34)37-28(3,4)5)16-14-21-11-12-22(18-23(21)31)39-25-17-20(2)10-13-24(25)36-27(35)38-29(6,7)8/h9-13,17-18,33H,1,14-16,19H2,2-8H3,(H,32,34)/t30-/m0/s1. The van der Waals surface area contributed by atoms with Crippen molar-refractivity contribution in [1.82, 2.24) is 5.32 Å². The number of amides is 1. The minimum absolute atomic E-state index is 0.280. The minimum atomic E-state index is -0.934. The molecule has 2 aromatic carbocycles. The van der Waals surface area contributed by atoms with Crippen LogP contribution < -0.4 is 10.1 Å². The van der Waals surface area contributed by atoms with Gasteiger partial charge in [0.25, 0.3) is 0 Å². The van der Waals surface area contributed by atoms with Crippen LogP contribution in [0.5, 0.6) is 5.75 Å². The Morgan fingerprint density at radius 3 is 2.28 bits per heavy atom. The van der Waals surface area contributed by atoms with Crippen molar-refractivity contribution >= 4 is 35.6 Å². The van der Waals surface area contributed by atoms with Crippen molar-refractivity contribution in [3.63, 3.8) is 0 Å². The van der Waals surface area contributed by atoms with E-state index in [-0.39, 0.29) is 6.61 Å². The Bertz CT molecular complexity index is 1170. The zero-order valence-electron chi connectivity index (χ0n) is 23.9. The molecule has 7 nitrogen and oxygen atoms in total. The summed E-state index contributed by atoms with van der Waals surface area (Å²) in [5.74, 6) is 0.394. The van der Waals surface area contributed by atoms with Gasteiger partial charge in [0.1, 0.15) is 17.0 Å². The lowest BCUT2D eigenvalue weighted by Gasteiger charge is -2.33. The van der Waals surface area contributed by atoms with Crippen LogP contribution in [0.15, 0.2) is 58.8 Å². The van der Waals surface area contributed by atoms with E-state index in [1.807, 2.05) is 37.3 Å². The van der Waals surface area contributed by atoms with Crippen molar-refractivity contribution in [3.8, 4) is 5.75 Å². The normalized spacial score (nSPS) is 13.3. The van der Waals surface area contributed by atoms with E-state index in [1.54, 1.807) is 53.7 Å². The highest BCUT2D eigenvalue weighted by atomic mass is 35.5. The van der Waals surface area contributed by atoms with Crippen molar-refractivity contribution in [3.05, 3.63) is 65.2 Å². The van der Waals surface area contributed by atoms with Gasteiger partial charge < -0.3 is 24.6 Å². The zero-order chi connectivity index (χ0) is 29.4. The Morgan fingerprint density at radius 1 is 1.05 bits per heavy atom. The SMILES string of the molecule is C=CC[C@@](CO)(CCc1ccc(Sc2cc(C)ccc2OC(=O)OC(C)(C)C)cc1Cl)NC(=O)OC(C)(C)C. The molecule has 0 unspecified atom stereocenters. The second-order valence-corrected chi connectivity index (χ2v) is 13.0. The van der Waals surface area contributed by atoms with E-state index >= 15 is 0 Å². The third-order valence-electron chi connectivity index (χ3n) is 5.41. The maximum absolute atomic E-state index is 12.4. The van der Waals surface area contributed by atoms with Crippen LogP contribution in [0.4, 0.5) is 9.59 Å². The summed E-state index contributed by atoms with van der Waals surface area (Å²) in [6.45, 7) is 16.1. The van der Waals surface area contributed by atoms with E-state index in [1.165, 1.54) is 11.8 Å². The summed E-state index contributed by atoms with van der Waals surface area (Å²) < 4.78 is 16.2. The monoisotopic (exact) mass is 577 g/mol. The Kier molecular flexibility index (Phi) is 11.3. The van der Waals surface area contributed by atoms with Crippen molar-refractivity contribution in [2.45, 2.75) is 94.3 Å². The number of aryl methyl sites for hydroxylation is 2. The summed E-state index contributed by atoms with van der Waals surface area (Å²) in [7, 11) is 0. The average Bonchev–Trinajstić information content (AvgIpc) is 2.78. The van der Waals surface area contributed by atoms with Crippen molar-refractivity contribution in [2.24, 2.45) is 0 Å². The van der Waals surface area contributed by atoms with Gasteiger partial charge in [0.15, 0.2) is 0 Å². The summed E-state index contributed by atoms with van der Waals surface area (Å²) in [6.07, 6.45) is 1.58. The predicted molar refractivity (Wildman–Crippen MR) is 156 cm³/mol. The average molecular weight is 578 g/mol. The summed E-state index contributed by atoms with van der Waals surface area (Å²) >= 11 is 8.07. The minimum Gasteiger partial charge on any atom is -0.444 e. The fourth-order valence-corrected chi connectivity index (χ4v) is 4.99. The van der Waals surface area contributed by atoms with E-state index < -0.39 is 29.0 Å². The fourth-order valence-electron chi connectivity index (χ4n) is 3.63. The lowest BCUT2D eigenvalue weighted by molar-refractivity contribution is 0.0200. The molecule has 0 radical (unpaired) electrons. The summed E-state index contributed by atoms with van der Waals surface area (Å²) in [6, 6.07) is 11.2. The lowest BCUT2D eigenvalue weighted by atomic mass is 9.88. The molecule has 0 aliphatic carbocycles. The number of ether oxygens (including phenoxy) is 3. The molecule has 0 aliphatic rings. The maximum atomic E-state index is 12.4. The second-order valence-electron chi connectivity index (χ2n) is 11.4. The molecular formula is C30H40ClNO6S. The van der Waals surface area contributed by atoms with E-state index in [2.05, 4.69) is 11.9 Å². The van der Waals surface area contributed by atoms with Gasteiger partial charge in [-0.3, -0.25) is 0 Å². The summed E-state index contributed by atoms with van der Waals surface area (Å²) in [5, 5.41) is 13.6. The van der Waals surface area contributed by atoms with Crippen LogP contribution in [0, 0.1) is 6.92 Å². The maximum Gasteiger partial charge on any atom is 0.514 e. The van der Waals surface area contributed by atoms with Gasteiger partial charge >= 0.3 is 12.2 Å². The topological polar surface area (TPSA) is 94.1 Å². The third kappa shape index (κ3) is 11.1. The summed E-state index contributed by atoms with van der Waals surface area (Å²) in [4.78, 5) is 26.3. The number of nitrogens with one attached hydrogen (secondary N) is 1. The Labute approximate surface area is 241 Å². The van der Waals surface area contributed by atoms with Gasteiger partial charge in [-0.25, -0.2) is 9.59 Å². The molecule has 39 heavy (non-hydrogen) atoms. The van der Waals surface area contributed by atoms with Crippen LogP contribution in [-0.4, -0.2) is 40.7 Å². The Hall–Kier alpha value is -2.68. The molecule has 0 saturated carbocycles. The van der Waals surface area contributed by atoms with Gasteiger partial charge in [-0.05, 0) is 103 Å². The molecule has 2 aromatic rings. The van der Waals surface area contributed by atoms with E-state index in [9.17, 15) is 14.7 Å². The molecule has 0 fully saturated rings. The molecule has 2 rings (SSSR count). The molecule has 0 aliphatic heterocycles. The molecule has 1 atom stereocenters. The second kappa shape index (κ2) is 13.6. The molecule has 0 saturated heterocycles. The van der Waals surface area contributed by atoms with Gasteiger partial charge in [-0.1, -0.05) is 41.6 Å². The number of halogens is 1. The number of hydrogen-bond donors (Lipinski definition) is 2. The first-order chi connectivity index (χ1) is 18.0. The predicted octanol–water partition coefficient (Wildman–Crippen LogP) is 7.88. The molecule has 2 N–H and O–H groups in total. The first-order valence-electron chi connectivity index (χ1n) is 12.8. The highest BCUT2D eigenvalue weighted by molar-refractivity contribution is 7.99. The zero-order valence-corrected chi connectivity index (χ0v) is 25.4. The van der Waals surface area contributed by atoms with E-state index in [0.29, 0.717) is 30.0 Å². The number of carbonyl (C=O) groups excluding carboxylic acids is 2. The number of aliphatic hydroxyl groups excluding tert-OH is 1. The largest absolute Gasteiger partial charge is 0.514 e. The molecule has 0 aromatic heterocycles. The van der Waals surface area contributed by atoms with Crippen LogP contribution in [0.1, 0.15) is 65.5 Å². The number of aliphatic hydroxyl groups is 1. The number of benzene rings is 2. The van der Waals surface area contributed by atoms with Crippen molar-refractivity contribution < 1.29 is 28.9 Å². The van der Waals surface area contributed by atoms with Gasteiger partial charge in [-0.2, -0.15) is 0 Å². The fraction of sp³-hybridized carbons (Fsp3) is 0.467. The van der Waals surface area contributed by atoms with Crippen LogP contribution >= 0.6 is 23.4 Å². The quantitative estimate of drug-likeness (QED) is 0.168. The smallest absolute Gasteiger partial charge is 0.444 e. The number of carbonyl (C=O) groups is 2. The van der Waals surface area contributed by atoms with Gasteiger partial charge in [-0.15, -0.1) is 6.58 Å². The Balaban J connectivity index is 2.18. The molecule has 0 spiro atoms. The van der Waals surface area contributed by atoms with Crippen LogP contribution in [0.25, 0.3) is 0 Å². The molecule has 9 heteroatoms. The van der Waals surface area contributed by atoms with Gasteiger partial charge in [0.2, 0.25) is 0 Å². The van der Waals surface area contributed by atoms with Crippen molar-refractivity contribution in [1.29, 1.82) is 0 Å². The molecule has 0 heterocycles. The first kappa shape index (κ1) is 32.5. The number of rotatable bonds is 10. The van der Waals surface area contributed by atoms with E-state index in [0.717, 1.165) is 20.9 Å². The molecular weight excluding hydrogens is 538 g/mol. The highest BCUT2D eigenvalue weighted by Gasteiger charge is 2.32. The van der Waals surface area contributed by atoms with Crippen LogP contribution in [-0.2, 0) is 15.9 Å². The van der Waals surface area contributed by atoms with E-state index in [4.69, 9.17) is 25.8 Å². The van der Waals surface area contributed by atoms with Crippen molar-refractivity contribution in [2.75, 3.05) is 6.61 Å². The molecule has 1 amide bonds. The lowest BCUT2D eigenvalue weighted by Crippen LogP contribution is -2.52. The number of alkyl carbamates (subject to hydrolysis) is 1. The highest BCUT2D eigenvalue weighted by Crippen LogP contribution is 2.38. The van der Waals surface area contributed by atoms with Gasteiger partial charge in [0, 0.05) is 9.92 Å². The number of hydrogen-bond acceptors (Lipinski definition) is 7. The molecule has 214 valence electrons. The Morgan fingerprint density at radius 2 is 1.72 bits per heavy atom.